The fraction of sp³-hybridized carbons (Fsp3) is 0. The van der Waals surface area contributed by atoms with Gasteiger partial charge in [-0.05, 0) is 12.1 Å². The van der Waals surface area contributed by atoms with E-state index in [0.29, 0.717) is 10.9 Å². The Morgan fingerprint density at radius 3 is 2.45 bits per heavy atom. The van der Waals surface area contributed by atoms with Crippen molar-refractivity contribution in [3.8, 4) is 11.3 Å². The Kier molecular flexibility index (Phi) is 2.47. The SMILES string of the molecule is Clc1cc(-c2ccccc2)nc2nc3ccccc3n12. The first kappa shape index (κ1) is 11.4. The van der Waals surface area contributed by atoms with Crippen molar-refractivity contribution in [3.63, 3.8) is 0 Å². The van der Waals surface area contributed by atoms with Crippen LogP contribution in [0.4, 0.5) is 0 Å². The van der Waals surface area contributed by atoms with Crippen LogP contribution in [0.1, 0.15) is 0 Å². The number of aromatic nitrogens is 3. The lowest BCUT2D eigenvalue weighted by molar-refractivity contribution is 1.14. The summed E-state index contributed by atoms with van der Waals surface area (Å²) in [5, 5.41) is 0.613. The number of benzene rings is 2. The summed E-state index contributed by atoms with van der Waals surface area (Å²) in [5.74, 6) is 0.623. The van der Waals surface area contributed by atoms with Crippen molar-refractivity contribution in [2.24, 2.45) is 0 Å². The topological polar surface area (TPSA) is 30.2 Å². The lowest BCUT2D eigenvalue weighted by Gasteiger charge is -2.04. The standard InChI is InChI=1S/C16H10ClN3/c17-15-10-13(11-6-2-1-3-7-11)19-16-18-12-8-4-5-9-14(12)20(15)16/h1-10H. The Balaban J connectivity index is 2.06. The summed E-state index contributed by atoms with van der Waals surface area (Å²) in [4.78, 5) is 9.14. The Bertz CT molecular complexity index is 913. The predicted molar refractivity (Wildman–Crippen MR) is 80.9 cm³/mol. The zero-order chi connectivity index (χ0) is 13.5. The molecule has 20 heavy (non-hydrogen) atoms. The molecule has 0 radical (unpaired) electrons. The largest absolute Gasteiger partial charge is 0.266 e. The summed E-state index contributed by atoms with van der Waals surface area (Å²) in [6.45, 7) is 0. The zero-order valence-corrected chi connectivity index (χ0v) is 11.2. The van der Waals surface area contributed by atoms with E-state index < -0.39 is 0 Å². The second-order valence-electron chi connectivity index (χ2n) is 4.57. The fourth-order valence-electron chi connectivity index (χ4n) is 2.37. The summed E-state index contributed by atoms with van der Waals surface area (Å²) >= 11 is 6.42. The molecule has 0 aliphatic rings. The third-order valence-corrected chi connectivity index (χ3v) is 3.58. The van der Waals surface area contributed by atoms with E-state index >= 15 is 0 Å². The highest BCUT2D eigenvalue weighted by molar-refractivity contribution is 6.30. The highest BCUT2D eigenvalue weighted by Gasteiger charge is 2.10. The second kappa shape index (κ2) is 4.32. The van der Waals surface area contributed by atoms with Gasteiger partial charge in [-0.25, -0.2) is 9.97 Å². The molecule has 0 amide bonds. The van der Waals surface area contributed by atoms with Crippen molar-refractivity contribution in [1.82, 2.24) is 14.4 Å². The number of hydrogen-bond donors (Lipinski definition) is 0. The molecule has 96 valence electrons. The maximum Gasteiger partial charge on any atom is 0.236 e. The summed E-state index contributed by atoms with van der Waals surface area (Å²) in [6.07, 6.45) is 0. The van der Waals surface area contributed by atoms with Crippen LogP contribution in [0.2, 0.25) is 5.15 Å². The molecule has 2 aromatic heterocycles. The van der Waals surface area contributed by atoms with E-state index in [0.717, 1.165) is 22.3 Å². The highest BCUT2D eigenvalue weighted by atomic mass is 35.5. The summed E-state index contributed by atoms with van der Waals surface area (Å²) in [5.41, 5.74) is 3.73. The lowest BCUT2D eigenvalue weighted by Crippen LogP contribution is -1.93. The number of para-hydroxylation sites is 2. The van der Waals surface area contributed by atoms with Crippen molar-refractivity contribution in [1.29, 1.82) is 0 Å². The van der Waals surface area contributed by atoms with Gasteiger partial charge in [0.2, 0.25) is 5.78 Å². The number of hydrogen-bond acceptors (Lipinski definition) is 2. The summed E-state index contributed by atoms with van der Waals surface area (Å²) in [6, 6.07) is 19.7. The molecule has 0 spiro atoms. The van der Waals surface area contributed by atoms with Crippen LogP contribution in [-0.2, 0) is 0 Å². The van der Waals surface area contributed by atoms with E-state index in [4.69, 9.17) is 11.6 Å². The molecule has 0 N–H and O–H groups in total. The first-order valence-corrected chi connectivity index (χ1v) is 6.70. The third-order valence-electron chi connectivity index (χ3n) is 3.30. The average Bonchev–Trinajstić information content (AvgIpc) is 2.87. The van der Waals surface area contributed by atoms with E-state index in [2.05, 4.69) is 9.97 Å². The molecule has 0 saturated heterocycles. The van der Waals surface area contributed by atoms with Crippen LogP contribution in [-0.4, -0.2) is 14.4 Å². The van der Waals surface area contributed by atoms with Crippen molar-refractivity contribution in [3.05, 3.63) is 65.8 Å². The van der Waals surface area contributed by atoms with E-state index in [9.17, 15) is 0 Å². The Morgan fingerprint density at radius 2 is 1.60 bits per heavy atom. The molecule has 0 fully saturated rings. The van der Waals surface area contributed by atoms with Gasteiger partial charge in [-0.3, -0.25) is 4.40 Å². The third kappa shape index (κ3) is 1.67. The van der Waals surface area contributed by atoms with E-state index in [1.165, 1.54) is 0 Å². The highest BCUT2D eigenvalue weighted by Crippen LogP contribution is 2.25. The minimum Gasteiger partial charge on any atom is -0.266 e. The van der Waals surface area contributed by atoms with Gasteiger partial charge < -0.3 is 0 Å². The molecule has 2 heterocycles. The van der Waals surface area contributed by atoms with Crippen LogP contribution >= 0.6 is 11.6 Å². The smallest absolute Gasteiger partial charge is 0.236 e. The fourth-order valence-corrected chi connectivity index (χ4v) is 2.64. The van der Waals surface area contributed by atoms with E-state index in [1.807, 2.05) is 65.1 Å². The average molecular weight is 280 g/mol. The minimum atomic E-state index is 0.613. The first-order chi connectivity index (χ1) is 9.83. The minimum absolute atomic E-state index is 0.613. The number of fused-ring (bicyclic) bond motifs is 3. The molecular formula is C16H10ClN3. The molecule has 4 rings (SSSR count). The van der Waals surface area contributed by atoms with Crippen molar-refractivity contribution in [2.75, 3.05) is 0 Å². The second-order valence-corrected chi connectivity index (χ2v) is 4.95. The first-order valence-electron chi connectivity index (χ1n) is 6.32. The molecule has 3 nitrogen and oxygen atoms in total. The Labute approximate surface area is 120 Å². The number of imidazole rings is 1. The maximum atomic E-state index is 6.42. The van der Waals surface area contributed by atoms with Gasteiger partial charge in [0, 0.05) is 11.6 Å². The van der Waals surface area contributed by atoms with Crippen molar-refractivity contribution >= 4 is 28.4 Å². The predicted octanol–water partition coefficient (Wildman–Crippen LogP) is 4.20. The van der Waals surface area contributed by atoms with Gasteiger partial charge in [-0.2, -0.15) is 0 Å². The summed E-state index contributed by atoms with van der Waals surface area (Å²) in [7, 11) is 0. The molecular weight excluding hydrogens is 270 g/mol. The molecule has 0 aliphatic heterocycles. The van der Waals surface area contributed by atoms with Gasteiger partial charge in [0.15, 0.2) is 0 Å². The van der Waals surface area contributed by atoms with Gasteiger partial charge in [-0.1, -0.05) is 54.1 Å². The Morgan fingerprint density at radius 1 is 0.850 bits per heavy atom. The van der Waals surface area contributed by atoms with Gasteiger partial charge in [0.25, 0.3) is 0 Å². The lowest BCUT2D eigenvalue weighted by atomic mass is 10.1. The monoisotopic (exact) mass is 279 g/mol. The quantitative estimate of drug-likeness (QED) is 0.489. The Hall–Kier alpha value is -2.39. The van der Waals surface area contributed by atoms with Crippen LogP contribution < -0.4 is 0 Å². The molecule has 4 heteroatoms. The van der Waals surface area contributed by atoms with Crippen molar-refractivity contribution in [2.45, 2.75) is 0 Å². The molecule has 0 bridgehead atoms. The van der Waals surface area contributed by atoms with Gasteiger partial charge in [0.1, 0.15) is 5.15 Å². The van der Waals surface area contributed by atoms with Crippen LogP contribution in [0.3, 0.4) is 0 Å². The van der Waals surface area contributed by atoms with E-state index in [1.54, 1.807) is 0 Å². The van der Waals surface area contributed by atoms with Gasteiger partial charge in [0.05, 0.1) is 16.7 Å². The summed E-state index contributed by atoms with van der Waals surface area (Å²) < 4.78 is 1.86. The van der Waals surface area contributed by atoms with Gasteiger partial charge in [-0.15, -0.1) is 0 Å². The van der Waals surface area contributed by atoms with Gasteiger partial charge >= 0.3 is 0 Å². The molecule has 0 unspecified atom stereocenters. The molecule has 0 aliphatic carbocycles. The van der Waals surface area contributed by atoms with Crippen LogP contribution in [0.15, 0.2) is 60.7 Å². The number of rotatable bonds is 1. The zero-order valence-electron chi connectivity index (χ0n) is 10.5. The number of nitrogens with zero attached hydrogens (tertiary/aromatic N) is 3. The molecule has 0 atom stereocenters. The van der Waals surface area contributed by atoms with Crippen LogP contribution in [0.25, 0.3) is 28.1 Å². The molecule has 4 aromatic rings. The molecule has 0 saturated carbocycles. The van der Waals surface area contributed by atoms with E-state index in [-0.39, 0.29) is 0 Å². The van der Waals surface area contributed by atoms with Crippen molar-refractivity contribution < 1.29 is 0 Å². The molecule has 2 aromatic carbocycles. The normalized spacial score (nSPS) is 11.2. The van der Waals surface area contributed by atoms with Crippen LogP contribution in [0.5, 0.6) is 0 Å². The maximum absolute atomic E-state index is 6.42. The van der Waals surface area contributed by atoms with Crippen LogP contribution in [0, 0.1) is 0 Å². The number of halogens is 1.